The van der Waals surface area contributed by atoms with Gasteiger partial charge in [0.25, 0.3) is 0 Å². The van der Waals surface area contributed by atoms with Crippen LogP contribution in [0.2, 0.25) is 0 Å². The van der Waals surface area contributed by atoms with E-state index in [9.17, 15) is 0 Å². The number of aromatic nitrogens is 2. The summed E-state index contributed by atoms with van der Waals surface area (Å²) in [6.45, 7) is 0. The fraction of sp³-hybridized carbons (Fsp3) is 0.333. The molecule has 19 heavy (non-hydrogen) atoms. The first-order valence-corrected chi connectivity index (χ1v) is 6.44. The fourth-order valence-electron chi connectivity index (χ4n) is 2.33. The number of methoxy groups -OCH3 is 1. The van der Waals surface area contributed by atoms with Gasteiger partial charge in [0.05, 0.1) is 31.0 Å². The third-order valence-electron chi connectivity index (χ3n) is 3.69. The molecule has 0 N–H and O–H groups in total. The molecule has 96 valence electrons. The van der Waals surface area contributed by atoms with Gasteiger partial charge in [0.15, 0.2) is 0 Å². The van der Waals surface area contributed by atoms with E-state index in [4.69, 9.17) is 10.00 Å². The first kappa shape index (κ1) is 11.8. The van der Waals surface area contributed by atoms with Crippen LogP contribution < -0.4 is 4.74 Å². The van der Waals surface area contributed by atoms with Crippen molar-refractivity contribution in [1.29, 1.82) is 5.26 Å². The molecule has 3 rings (SSSR count). The van der Waals surface area contributed by atoms with Crippen molar-refractivity contribution in [3.8, 4) is 22.9 Å². The molecule has 0 spiro atoms. The van der Waals surface area contributed by atoms with Gasteiger partial charge in [-0.3, -0.25) is 4.68 Å². The molecular formula is C15H15N3O. The van der Waals surface area contributed by atoms with Crippen molar-refractivity contribution in [2.45, 2.75) is 25.3 Å². The van der Waals surface area contributed by atoms with E-state index in [1.54, 1.807) is 13.2 Å². The van der Waals surface area contributed by atoms with Gasteiger partial charge in [0.2, 0.25) is 0 Å². The number of hydrogen-bond acceptors (Lipinski definition) is 3. The lowest BCUT2D eigenvalue weighted by atomic mass is 9.93. The van der Waals surface area contributed by atoms with Crippen molar-refractivity contribution in [2.75, 3.05) is 7.11 Å². The smallest absolute Gasteiger partial charge is 0.126 e. The first-order chi connectivity index (χ1) is 9.31. The van der Waals surface area contributed by atoms with E-state index in [0.717, 1.165) is 16.9 Å². The van der Waals surface area contributed by atoms with Crippen LogP contribution in [-0.4, -0.2) is 16.9 Å². The second kappa shape index (κ2) is 4.77. The topological polar surface area (TPSA) is 50.8 Å². The maximum Gasteiger partial charge on any atom is 0.126 e. The lowest BCUT2D eigenvalue weighted by molar-refractivity contribution is 0.289. The van der Waals surface area contributed by atoms with Gasteiger partial charge in [0.1, 0.15) is 5.75 Å². The van der Waals surface area contributed by atoms with Gasteiger partial charge in [-0.05, 0) is 37.5 Å². The zero-order chi connectivity index (χ0) is 13.2. The molecule has 0 radical (unpaired) electrons. The summed E-state index contributed by atoms with van der Waals surface area (Å²) in [5.41, 5.74) is 2.56. The Kier molecular flexibility index (Phi) is 2.96. The fourth-order valence-corrected chi connectivity index (χ4v) is 2.33. The maximum absolute atomic E-state index is 9.00. The van der Waals surface area contributed by atoms with E-state index in [1.165, 1.54) is 19.3 Å². The van der Waals surface area contributed by atoms with E-state index < -0.39 is 0 Å². The predicted octanol–water partition coefficient (Wildman–Crippen LogP) is 3.16. The van der Waals surface area contributed by atoms with Crippen LogP contribution in [0.1, 0.15) is 30.9 Å². The highest BCUT2D eigenvalue weighted by Gasteiger charge is 2.20. The van der Waals surface area contributed by atoms with Crippen molar-refractivity contribution in [3.63, 3.8) is 0 Å². The number of nitriles is 1. The molecule has 0 saturated heterocycles. The van der Waals surface area contributed by atoms with Crippen molar-refractivity contribution in [2.24, 2.45) is 0 Å². The quantitative estimate of drug-likeness (QED) is 0.844. The van der Waals surface area contributed by atoms with Crippen LogP contribution in [0, 0.1) is 11.3 Å². The normalized spacial score (nSPS) is 14.7. The number of rotatable bonds is 3. The molecule has 1 aliphatic carbocycles. The summed E-state index contributed by atoms with van der Waals surface area (Å²) in [7, 11) is 1.64. The molecule has 1 fully saturated rings. The third-order valence-corrected chi connectivity index (χ3v) is 3.69. The highest BCUT2D eigenvalue weighted by molar-refractivity contribution is 5.71. The summed E-state index contributed by atoms with van der Waals surface area (Å²) in [6, 6.07) is 8.14. The van der Waals surface area contributed by atoms with Gasteiger partial charge in [0, 0.05) is 17.3 Å². The Labute approximate surface area is 112 Å². The van der Waals surface area contributed by atoms with E-state index in [1.807, 2.05) is 29.2 Å². The molecule has 4 heteroatoms. The van der Waals surface area contributed by atoms with Crippen LogP contribution >= 0.6 is 0 Å². The molecule has 0 bridgehead atoms. The zero-order valence-electron chi connectivity index (χ0n) is 10.8. The molecule has 0 atom stereocenters. The van der Waals surface area contributed by atoms with Gasteiger partial charge in [-0.25, -0.2) is 0 Å². The molecule has 1 aliphatic rings. The standard InChI is InChI=1S/C15H15N3O/c1-19-15-6-5-11(8-16)7-14(15)12-9-17-18(10-12)13-3-2-4-13/h5-7,9-10,13H,2-4H2,1H3. The first-order valence-electron chi connectivity index (χ1n) is 6.44. The Morgan fingerprint density at radius 1 is 1.42 bits per heavy atom. The Morgan fingerprint density at radius 2 is 2.26 bits per heavy atom. The molecule has 1 aromatic heterocycles. The monoisotopic (exact) mass is 253 g/mol. The molecular weight excluding hydrogens is 238 g/mol. The Balaban J connectivity index is 2.00. The molecule has 1 aromatic carbocycles. The maximum atomic E-state index is 9.00. The van der Waals surface area contributed by atoms with E-state index in [0.29, 0.717) is 11.6 Å². The summed E-state index contributed by atoms with van der Waals surface area (Å²) in [5.74, 6) is 0.771. The van der Waals surface area contributed by atoms with Crippen LogP contribution in [0.25, 0.3) is 11.1 Å². The summed E-state index contributed by atoms with van der Waals surface area (Å²) < 4.78 is 7.39. The third kappa shape index (κ3) is 2.08. The summed E-state index contributed by atoms with van der Waals surface area (Å²) in [5, 5.41) is 13.4. The largest absolute Gasteiger partial charge is 0.496 e. The highest BCUT2D eigenvalue weighted by atomic mass is 16.5. The van der Waals surface area contributed by atoms with Crippen molar-refractivity contribution >= 4 is 0 Å². The van der Waals surface area contributed by atoms with Crippen molar-refractivity contribution in [1.82, 2.24) is 9.78 Å². The molecule has 0 aliphatic heterocycles. The predicted molar refractivity (Wildman–Crippen MR) is 71.8 cm³/mol. The lowest BCUT2D eigenvalue weighted by Gasteiger charge is -2.25. The molecule has 4 nitrogen and oxygen atoms in total. The van der Waals surface area contributed by atoms with E-state index in [-0.39, 0.29) is 0 Å². The number of hydrogen-bond donors (Lipinski definition) is 0. The van der Waals surface area contributed by atoms with E-state index >= 15 is 0 Å². The molecule has 0 unspecified atom stereocenters. The zero-order valence-corrected chi connectivity index (χ0v) is 10.8. The molecule has 0 amide bonds. The Morgan fingerprint density at radius 3 is 2.89 bits per heavy atom. The minimum Gasteiger partial charge on any atom is -0.496 e. The Bertz CT molecular complexity index is 635. The summed E-state index contributed by atoms with van der Waals surface area (Å²) >= 11 is 0. The van der Waals surface area contributed by atoms with Crippen LogP contribution in [0.3, 0.4) is 0 Å². The van der Waals surface area contributed by atoms with Crippen LogP contribution in [0.15, 0.2) is 30.6 Å². The number of ether oxygens (including phenoxy) is 1. The SMILES string of the molecule is COc1ccc(C#N)cc1-c1cnn(C2CCC2)c1. The molecule has 1 heterocycles. The van der Waals surface area contributed by atoms with Crippen molar-refractivity contribution < 1.29 is 4.74 Å². The minimum atomic E-state index is 0.541. The lowest BCUT2D eigenvalue weighted by Crippen LogP contribution is -2.16. The second-order valence-electron chi connectivity index (χ2n) is 4.82. The van der Waals surface area contributed by atoms with Gasteiger partial charge < -0.3 is 4.74 Å². The number of nitrogens with zero attached hydrogens (tertiary/aromatic N) is 3. The average molecular weight is 253 g/mol. The van der Waals surface area contributed by atoms with Crippen LogP contribution in [0.4, 0.5) is 0 Å². The van der Waals surface area contributed by atoms with Gasteiger partial charge in [-0.1, -0.05) is 0 Å². The van der Waals surface area contributed by atoms with Crippen LogP contribution in [0.5, 0.6) is 5.75 Å². The Hall–Kier alpha value is -2.28. The second-order valence-corrected chi connectivity index (χ2v) is 4.82. The molecule has 1 saturated carbocycles. The highest BCUT2D eigenvalue weighted by Crippen LogP contribution is 2.34. The minimum absolute atomic E-state index is 0.541. The number of benzene rings is 1. The summed E-state index contributed by atoms with van der Waals surface area (Å²) in [4.78, 5) is 0. The van der Waals surface area contributed by atoms with E-state index in [2.05, 4.69) is 11.2 Å². The average Bonchev–Trinajstić information content (AvgIpc) is 2.85. The molecule has 2 aromatic rings. The van der Waals surface area contributed by atoms with Crippen molar-refractivity contribution in [3.05, 3.63) is 36.2 Å². The van der Waals surface area contributed by atoms with Gasteiger partial charge >= 0.3 is 0 Å². The van der Waals surface area contributed by atoms with Gasteiger partial charge in [-0.2, -0.15) is 10.4 Å². The summed E-state index contributed by atoms with van der Waals surface area (Å²) in [6.07, 6.45) is 7.58. The van der Waals surface area contributed by atoms with Crippen LogP contribution in [-0.2, 0) is 0 Å². The van der Waals surface area contributed by atoms with Gasteiger partial charge in [-0.15, -0.1) is 0 Å².